The first kappa shape index (κ1) is 10.3. The molecule has 0 N–H and O–H groups in total. The van der Waals surface area contributed by atoms with Crippen molar-refractivity contribution in [2.24, 2.45) is 5.92 Å². The van der Waals surface area contributed by atoms with Gasteiger partial charge in [-0.3, -0.25) is 4.79 Å². The van der Waals surface area contributed by atoms with Crippen LogP contribution in [0.25, 0.3) is 16.5 Å². The number of para-hydroxylation sites is 1. The SMILES string of the molecule is C=C1CC(C)Cc2oc3ccccc3c(=O)c21. The molecule has 2 heteroatoms. The molecule has 2 nitrogen and oxygen atoms in total. The van der Waals surface area contributed by atoms with Crippen molar-refractivity contribution in [2.75, 3.05) is 0 Å². The van der Waals surface area contributed by atoms with Gasteiger partial charge in [0.05, 0.1) is 10.9 Å². The highest BCUT2D eigenvalue weighted by Gasteiger charge is 2.24. The average molecular weight is 226 g/mol. The third-order valence-electron chi connectivity index (χ3n) is 3.35. The highest BCUT2D eigenvalue weighted by molar-refractivity contribution is 5.81. The summed E-state index contributed by atoms with van der Waals surface area (Å²) in [5, 5.41) is 0.655. The molecule has 0 aliphatic heterocycles. The van der Waals surface area contributed by atoms with Gasteiger partial charge in [0.25, 0.3) is 0 Å². The molecule has 86 valence electrons. The third-order valence-corrected chi connectivity index (χ3v) is 3.35. The van der Waals surface area contributed by atoms with Gasteiger partial charge in [-0.15, -0.1) is 0 Å². The van der Waals surface area contributed by atoms with Gasteiger partial charge in [-0.05, 0) is 30.0 Å². The molecule has 0 saturated heterocycles. The predicted octanol–water partition coefficient (Wildman–Crippen LogP) is 3.39. The third kappa shape index (κ3) is 1.52. The van der Waals surface area contributed by atoms with Gasteiger partial charge in [-0.2, -0.15) is 0 Å². The van der Waals surface area contributed by atoms with Crippen molar-refractivity contribution < 1.29 is 4.42 Å². The minimum Gasteiger partial charge on any atom is -0.460 e. The van der Waals surface area contributed by atoms with Gasteiger partial charge in [0.2, 0.25) is 0 Å². The smallest absolute Gasteiger partial charge is 0.200 e. The van der Waals surface area contributed by atoms with E-state index in [2.05, 4.69) is 13.5 Å². The van der Waals surface area contributed by atoms with Crippen LogP contribution in [0.1, 0.15) is 24.7 Å². The lowest BCUT2D eigenvalue weighted by Crippen LogP contribution is -2.19. The van der Waals surface area contributed by atoms with Crippen molar-refractivity contribution in [3.8, 4) is 0 Å². The van der Waals surface area contributed by atoms with E-state index in [4.69, 9.17) is 4.42 Å². The first-order valence-electron chi connectivity index (χ1n) is 5.89. The Morgan fingerprint density at radius 3 is 2.88 bits per heavy atom. The largest absolute Gasteiger partial charge is 0.460 e. The summed E-state index contributed by atoms with van der Waals surface area (Å²) in [7, 11) is 0. The van der Waals surface area contributed by atoms with E-state index in [9.17, 15) is 4.79 Å². The fourth-order valence-corrected chi connectivity index (χ4v) is 2.60. The Morgan fingerprint density at radius 2 is 2.06 bits per heavy atom. The van der Waals surface area contributed by atoms with Gasteiger partial charge in [0, 0.05) is 6.42 Å². The first-order chi connectivity index (χ1) is 8.16. The van der Waals surface area contributed by atoms with Gasteiger partial charge in [-0.25, -0.2) is 0 Å². The standard InChI is InChI=1S/C15H14O2/c1-9-7-10(2)14-13(8-9)17-12-6-4-3-5-11(12)15(14)16/h3-6,9H,2,7-8H2,1H3. The number of hydrogen-bond acceptors (Lipinski definition) is 2. The molecule has 1 aliphatic carbocycles. The van der Waals surface area contributed by atoms with Crippen molar-refractivity contribution in [3.05, 3.63) is 52.4 Å². The average Bonchev–Trinajstić information content (AvgIpc) is 2.28. The molecule has 1 atom stereocenters. The molecular formula is C15H14O2. The van der Waals surface area contributed by atoms with Gasteiger partial charge >= 0.3 is 0 Å². The van der Waals surface area contributed by atoms with Crippen LogP contribution in [-0.2, 0) is 6.42 Å². The van der Waals surface area contributed by atoms with Crippen LogP contribution in [0.5, 0.6) is 0 Å². The van der Waals surface area contributed by atoms with E-state index in [1.54, 1.807) is 0 Å². The first-order valence-corrected chi connectivity index (χ1v) is 5.89. The highest BCUT2D eigenvalue weighted by Crippen LogP contribution is 2.32. The molecule has 17 heavy (non-hydrogen) atoms. The van der Waals surface area contributed by atoms with E-state index in [0.717, 1.165) is 24.2 Å². The van der Waals surface area contributed by atoms with Crippen molar-refractivity contribution in [2.45, 2.75) is 19.8 Å². The van der Waals surface area contributed by atoms with E-state index < -0.39 is 0 Å². The monoisotopic (exact) mass is 226 g/mol. The number of rotatable bonds is 0. The summed E-state index contributed by atoms with van der Waals surface area (Å²) in [6.45, 7) is 6.17. The topological polar surface area (TPSA) is 30.2 Å². The summed E-state index contributed by atoms with van der Waals surface area (Å²) in [6.07, 6.45) is 1.71. The molecule has 2 aromatic rings. The lowest BCUT2D eigenvalue weighted by atomic mass is 9.85. The number of allylic oxidation sites excluding steroid dienone is 1. The highest BCUT2D eigenvalue weighted by atomic mass is 16.3. The Bertz CT molecular complexity index is 664. The van der Waals surface area contributed by atoms with Crippen molar-refractivity contribution in [3.63, 3.8) is 0 Å². The summed E-state index contributed by atoms with van der Waals surface area (Å²) in [4.78, 5) is 12.4. The van der Waals surface area contributed by atoms with Gasteiger partial charge in [0.1, 0.15) is 11.3 Å². The number of hydrogen-bond donors (Lipinski definition) is 0. The number of fused-ring (bicyclic) bond motifs is 2. The molecule has 0 fully saturated rings. The van der Waals surface area contributed by atoms with Crippen LogP contribution < -0.4 is 5.43 Å². The summed E-state index contributed by atoms with van der Waals surface area (Å²) in [6, 6.07) is 7.41. The summed E-state index contributed by atoms with van der Waals surface area (Å²) in [5.41, 5.74) is 2.37. The second-order valence-corrected chi connectivity index (χ2v) is 4.84. The zero-order valence-electron chi connectivity index (χ0n) is 9.82. The Hall–Kier alpha value is -1.83. The van der Waals surface area contributed by atoms with Crippen LogP contribution in [0, 0.1) is 5.92 Å². The fraction of sp³-hybridized carbons (Fsp3) is 0.267. The van der Waals surface area contributed by atoms with Gasteiger partial charge < -0.3 is 4.42 Å². The van der Waals surface area contributed by atoms with E-state index >= 15 is 0 Å². The van der Waals surface area contributed by atoms with Crippen LogP contribution >= 0.6 is 0 Å². The van der Waals surface area contributed by atoms with Crippen LogP contribution in [-0.4, -0.2) is 0 Å². The molecule has 1 aromatic carbocycles. The Kier molecular flexibility index (Phi) is 2.18. The molecule has 3 rings (SSSR count). The maximum absolute atomic E-state index is 12.4. The lowest BCUT2D eigenvalue weighted by molar-refractivity contribution is 0.459. The van der Waals surface area contributed by atoms with E-state index in [0.29, 0.717) is 22.5 Å². The second kappa shape index (κ2) is 3.59. The van der Waals surface area contributed by atoms with Crippen LogP contribution in [0.3, 0.4) is 0 Å². The Morgan fingerprint density at radius 1 is 1.29 bits per heavy atom. The molecular weight excluding hydrogens is 212 g/mol. The van der Waals surface area contributed by atoms with E-state index in [-0.39, 0.29) is 5.43 Å². The normalized spacial score (nSPS) is 19.4. The molecule has 1 aliphatic rings. The quantitative estimate of drug-likeness (QED) is 0.689. The van der Waals surface area contributed by atoms with E-state index in [1.165, 1.54) is 0 Å². The summed E-state index contributed by atoms with van der Waals surface area (Å²) < 4.78 is 5.85. The van der Waals surface area contributed by atoms with Gasteiger partial charge in [0.15, 0.2) is 5.43 Å². The van der Waals surface area contributed by atoms with Crippen LogP contribution in [0.15, 0.2) is 40.1 Å². The maximum Gasteiger partial charge on any atom is 0.200 e. The van der Waals surface area contributed by atoms with E-state index in [1.807, 2.05) is 24.3 Å². The van der Waals surface area contributed by atoms with Crippen molar-refractivity contribution >= 4 is 16.5 Å². The molecule has 0 amide bonds. The molecule has 1 heterocycles. The summed E-state index contributed by atoms with van der Waals surface area (Å²) >= 11 is 0. The van der Waals surface area contributed by atoms with Crippen LogP contribution in [0.4, 0.5) is 0 Å². The Balaban J connectivity index is 2.40. The molecule has 0 bridgehead atoms. The van der Waals surface area contributed by atoms with Crippen molar-refractivity contribution in [1.82, 2.24) is 0 Å². The Labute approximate surface area is 99.6 Å². The zero-order chi connectivity index (χ0) is 12.0. The molecule has 1 unspecified atom stereocenters. The molecule has 1 aromatic heterocycles. The van der Waals surface area contributed by atoms with Crippen LogP contribution in [0.2, 0.25) is 0 Å². The fourth-order valence-electron chi connectivity index (χ4n) is 2.60. The molecule has 0 radical (unpaired) electrons. The summed E-state index contributed by atoms with van der Waals surface area (Å²) in [5.74, 6) is 1.30. The zero-order valence-corrected chi connectivity index (χ0v) is 9.82. The maximum atomic E-state index is 12.4. The molecule has 0 spiro atoms. The van der Waals surface area contributed by atoms with Crippen molar-refractivity contribution in [1.29, 1.82) is 0 Å². The number of benzene rings is 1. The second-order valence-electron chi connectivity index (χ2n) is 4.84. The minimum absolute atomic E-state index is 0.0683. The van der Waals surface area contributed by atoms with Gasteiger partial charge in [-0.1, -0.05) is 25.6 Å². The lowest BCUT2D eigenvalue weighted by Gasteiger charge is -2.21. The molecule has 0 saturated carbocycles. The predicted molar refractivity (Wildman–Crippen MR) is 69.0 cm³/mol. The minimum atomic E-state index is 0.0683.